The van der Waals surface area contributed by atoms with Gasteiger partial charge < -0.3 is 20.3 Å². The van der Waals surface area contributed by atoms with E-state index >= 15 is 0 Å². The molecule has 0 saturated carbocycles. The molecule has 3 amide bonds. The van der Waals surface area contributed by atoms with E-state index < -0.39 is 12.0 Å². The highest BCUT2D eigenvalue weighted by Crippen LogP contribution is 2.41. The molecule has 0 unspecified atom stereocenters. The van der Waals surface area contributed by atoms with Crippen molar-refractivity contribution >= 4 is 23.6 Å². The number of ether oxygens (including phenoxy) is 1. The SMILES string of the molecule is COC(=O)c1cccc(NC(=O)NCC(=O)N(Cc2ccccc2)[C@@H]2c3ccccc3CC[C@H]2Cc2ccccc2F)c1. The fourth-order valence-corrected chi connectivity index (χ4v) is 5.78. The van der Waals surface area contributed by atoms with E-state index in [2.05, 4.69) is 16.7 Å². The van der Waals surface area contributed by atoms with Crippen LogP contribution in [0.25, 0.3) is 0 Å². The molecule has 2 atom stereocenters. The van der Waals surface area contributed by atoms with Crippen LogP contribution in [-0.2, 0) is 28.9 Å². The van der Waals surface area contributed by atoms with Crippen LogP contribution in [0.15, 0.2) is 103 Å². The summed E-state index contributed by atoms with van der Waals surface area (Å²) in [5.74, 6) is -1.07. The zero-order valence-electron chi connectivity index (χ0n) is 24.0. The fraction of sp³-hybridized carbons (Fsp3) is 0.229. The molecular formula is C35H34FN3O4. The van der Waals surface area contributed by atoms with Gasteiger partial charge in [-0.2, -0.15) is 0 Å². The van der Waals surface area contributed by atoms with Gasteiger partial charge >= 0.3 is 12.0 Å². The lowest BCUT2D eigenvalue weighted by Gasteiger charge is -2.42. The van der Waals surface area contributed by atoms with Crippen molar-refractivity contribution in [1.82, 2.24) is 10.2 Å². The normalized spacial score (nSPS) is 15.6. The van der Waals surface area contributed by atoms with Crippen LogP contribution >= 0.6 is 0 Å². The van der Waals surface area contributed by atoms with Crippen molar-refractivity contribution in [2.45, 2.75) is 31.8 Å². The van der Waals surface area contributed by atoms with Crippen LogP contribution in [0.2, 0.25) is 0 Å². The Bertz CT molecular complexity index is 1590. The van der Waals surface area contributed by atoms with E-state index in [4.69, 9.17) is 4.74 Å². The highest BCUT2D eigenvalue weighted by Gasteiger charge is 2.36. The highest BCUT2D eigenvalue weighted by molar-refractivity contribution is 5.95. The maximum absolute atomic E-state index is 14.8. The first kappa shape index (κ1) is 29.5. The number of nitrogens with zero attached hydrogens (tertiary/aromatic N) is 1. The Morgan fingerprint density at radius 3 is 2.44 bits per heavy atom. The van der Waals surface area contributed by atoms with Gasteiger partial charge in [0.15, 0.2) is 0 Å². The summed E-state index contributed by atoms with van der Waals surface area (Å²) >= 11 is 0. The highest BCUT2D eigenvalue weighted by atomic mass is 19.1. The van der Waals surface area contributed by atoms with Gasteiger partial charge in [-0.1, -0.05) is 78.9 Å². The summed E-state index contributed by atoms with van der Waals surface area (Å²) < 4.78 is 19.5. The number of urea groups is 1. The number of rotatable bonds is 9. The predicted octanol–water partition coefficient (Wildman–Crippen LogP) is 6.31. The van der Waals surface area contributed by atoms with Crippen molar-refractivity contribution in [2.24, 2.45) is 5.92 Å². The number of amides is 3. The lowest BCUT2D eigenvalue weighted by atomic mass is 9.76. The maximum atomic E-state index is 14.8. The summed E-state index contributed by atoms with van der Waals surface area (Å²) in [6, 6.07) is 30.1. The summed E-state index contributed by atoms with van der Waals surface area (Å²) in [5.41, 5.74) is 4.47. The number of carbonyl (C=O) groups is 3. The van der Waals surface area contributed by atoms with E-state index in [0.29, 0.717) is 29.8 Å². The van der Waals surface area contributed by atoms with E-state index in [9.17, 15) is 18.8 Å². The number of benzene rings is 4. The first-order valence-electron chi connectivity index (χ1n) is 14.3. The molecule has 1 aliphatic rings. The van der Waals surface area contributed by atoms with Crippen molar-refractivity contribution in [2.75, 3.05) is 19.0 Å². The van der Waals surface area contributed by atoms with Gasteiger partial charge in [0.1, 0.15) is 5.82 Å². The number of carbonyl (C=O) groups excluding carboxylic acids is 3. The van der Waals surface area contributed by atoms with Crippen LogP contribution in [0, 0.1) is 11.7 Å². The predicted molar refractivity (Wildman–Crippen MR) is 163 cm³/mol. The summed E-state index contributed by atoms with van der Waals surface area (Å²) in [6.45, 7) is 0.0807. The van der Waals surface area contributed by atoms with Crippen molar-refractivity contribution in [3.05, 3.63) is 137 Å². The molecule has 0 aliphatic heterocycles. The zero-order valence-corrected chi connectivity index (χ0v) is 24.0. The van der Waals surface area contributed by atoms with Gasteiger partial charge in [-0.25, -0.2) is 14.0 Å². The molecule has 4 aromatic carbocycles. The average Bonchev–Trinajstić information content (AvgIpc) is 3.04. The summed E-state index contributed by atoms with van der Waals surface area (Å²) in [4.78, 5) is 40.5. The minimum atomic E-state index is -0.582. The Hall–Kier alpha value is -4.98. The van der Waals surface area contributed by atoms with Gasteiger partial charge in [-0.15, -0.1) is 0 Å². The van der Waals surface area contributed by atoms with E-state index in [1.807, 2.05) is 59.5 Å². The number of aryl methyl sites for hydroxylation is 1. The molecule has 4 aromatic rings. The molecule has 0 aromatic heterocycles. The molecular weight excluding hydrogens is 545 g/mol. The van der Waals surface area contributed by atoms with Gasteiger partial charge in [-0.3, -0.25) is 4.79 Å². The monoisotopic (exact) mass is 579 g/mol. The molecule has 0 spiro atoms. The van der Waals surface area contributed by atoms with Gasteiger partial charge in [0, 0.05) is 12.2 Å². The zero-order chi connectivity index (χ0) is 30.2. The lowest BCUT2D eigenvalue weighted by molar-refractivity contribution is -0.135. The summed E-state index contributed by atoms with van der Waals surface area (Å²) in [7, 11) is 1.29. The lowest BCUT2D eigenvalue weighted by Crippen LogP contribution is -2.46. The van der Waals surface area contributed by atoms with E-state index in [1.165, 1.54) is 24.8 Å². The Kier molecular flexibility index (Phi) is 9.46. The molecule has 1 aliphatic carbocycles. The standard InChI is InChI=1S/C35H34FN3O4/c1-43-34(41)28-14-9-15-29(21-28)38-35(42)37-22-32(40)39(23-24-10-3-2-4-11-24)33-27(20-26-13-6-8-17-31(26)36)19-18-25-12-5-7-16-30(25)33/h2-17,21,27,33H,18-20,22-23H2,1H3,(H2,37,38,42)/t27-,33-/m0/s1. The van der Waals surface area contributed by atoms with Crippen LogP contribution in [0.3, 0.4) is 0 Å². The Morgan fingerprint density at radius 1 is 0.907 bits per heavy atom. The largest absolute Gasteiger partial charge is 0.465 e. The Labute approximate surface area is 250 Å². The van der Waals surface area contributed by atoms with Gasteiger partial charge in [0.05, 0.1) is 25.3 Å². The molecule has 220 valence electrons. The molecule has 0 heterocycles. The van der Waals surface area contributed by atoms with Crippen LogP contribution < -0.4 is 10.6 Å². The van der Waals surface area contributed by atoms with Crippen LogP contribution in [0.5, 0.6) is 0 Å². The second kappa shape index (κ2) is 13.8. The molecule has 0 bridgehead atoms. The maximum Gasteiger partial charge on any atom is 0.337 e. The minimum Gasteiger partial charge on any atom is -0.465 e. The average molecular weight is 580 g/mol. The van der Waals surface area contributed by atoms with Gasteiger partial charge in [0.25, 0.3) is 0 Å². The van der Waals surface area contributed by atoms with Crippen molar-refractivity contribution < 1.29 is 23.5 Å². The molecule has 2 N–H and O–H groups in total. The fourth-order valence-electron chi connectivity index (χ4n) is 5.78. The van der Waals surface area contributed by atoms with E-state index in [1.54, 1.807) is 30.3 Å². The molecule has 7 nitrogen and oxygen atoms in total. The number of hydrogen-bond acceptors (Lipinski definition) is 4. The van der Waals surface area contributed by atoms with Gasteiger partial charge in [0.2, 0.25) is 5.91 Å². The van der Waals surface area contributed by atoms with Crippen molar-refractivity contribution in [3.8, 4) is 0 Å². The third-order valence-corrected chi connectivity index (χ3v) is 7.84. The van der Waals surface area contributed by atoms with Gasteiger partial charge in [-0.05, 0) is 71.7 Å². The second-order valence-electron chi connectivity index (χ2n) is 10.6. The minimum absolute atomic E-state index is 0.0330. The second-order valence-corrected chi connectivity index (χ2v) is 10.6. The summed E-state index contributed by atoms with van der Waals surface area (Å²) in [5, 5.41) is 5.36. The smallest absolute Gasteiger partial charge is 0.337 e. The quantitative estimate of drug-likeness (QED) is 0.228. The number of nitrogens with one attached hydrogen (secondary N) is 2. The number of methoxy groups -OCH3 is 1. The number of esters is 1. The van der Waals surface area contributed by atoms with E-state index in [-0.39, 0.29) is 30.2 Å². The topological polar surface area (TPSA) is 87.7 Å². The molecule has 5 rings (SSSR count). The van der Waals surface area contributed by atoms with E-state index in [0.717, 1.165) is 24.0 Å². The molecule has 0 radical (unpaired) electrons. The third kappa shape index (κ3) is 7.27. The van der Waals surface area contributed by atoms with Crippen molar-refractivity contribution in [3.63, 3.8) is 0 Å². The first-order valence-corrected chi connectivity index (χ1v) is 14.3. The Morgan fingerprint density at radius 2 is 1.65 bits per heavy atom. The van der Waals surface area contributed by atoms with Crippen LogP contribution in [0.1, 0.15) is 45.1 Å². The first-order chi connectivity index (χ1) is 20.9. The molecule has 0 saturated heterocycles. The number of hydrogen-bond donors (Lipinski definition) is 2. The third-order valence-electron chi connectivity index (χ3n) is 7.84. The molecule has 8 heteroatoms. The van der Waals surface area contributed by atoms with Crippen molar-refractivity contribution in [1.29, 1.82) is 0 Å². The molecule has 43 heavy (non-hydrogen) atoms. The van der Waals surface area contributed by atoms with Crippen LogP contribution in [0.4, 0.5) is 14.9 Å². The number of anilines is 1. The Balaban J connectivity index is 1.40. The van der Waals surface area contributed by atoms with Crippen LogP contribution in [-0.4, -0.2) is 36.5 Å². The number of fused-ring (bicyclic) bond motifs is 1. The number of halogens is 1. The molecule has 0 fully saturated rings. The summed E-state index contributed by atoms with van der Waals surface area (Å²) in [6.07, 6.45) is 2.11.